The molecular formula is C19H21FN2O. The molecule has 0 saturated carbocycles. The van der Waals surface area contributed by atoms with E-state index in [-0.39, 0.29) is 11.6 Å². The third-order valence-electron chi connectivity index (χ3n) is 3.89. The summed E-state index contributed by atoms with van der Waals surface area (Å²) < 4.78 is 20.3. The molecule has 0 radical (unpaired) electrons. The molecule has 23 heavy (non-hydrogen) atoms. The van der Waals surface area contributed by atoms with Crippen LogP contribution in [0.2, 0.25) is 0 Å². The highest BCUT2D eigenvalue weighted by molar-refractivity contribution is 5.99. The normalized spacial score (nSPS) is 13.9. The molecule has 0 spiro atoms. The first-order valence-electron chi connectivity index (χ1n) is 7.91. The van der Waals surface area contributed by atoms with E-state index in [1.807, 2.05) is 31.2 Å². The Balaban J connectivity index is 1.90. The zero-order valence-electron chi connectivity index (χ0n) is 13.7. The summed E-state index contributed by atoms with van der Waals surface area (Å²) in [5.74, 6) is 1.62. The fourth-order valence-electron chi connectivity index (χ4n) is 2.65. The van der Waals surface area contributed by atoms with Crippen molar-refractivity contribution >= 4 is 5.84 Å². The van der Waals surface area contributed by atoms with Gasteiger partial charge in [0, 0.05) is 12.1 Å². The smallest absolute Gasteiger partial charge is 0.166 e. The Labute approximate surface area is 136 Å². The Bertz CT molecular complexity index is 753. The van der Waals surface area contributed by atoms with Gasteiger partial charge in [-0.15, -0.1) is 0 Å². The maximum Gasteiger partial charge on any atom is 0.166 e. The molecule has 0 aliphatic carbocycles. The van der Waals surface area contributed by atoms with Crippen LogP contribution in [0.15, 0.2) is 41.4 Å². The SMILES string of the molecule is Cc1ccc(C(C)C)c(Oc2ccc(C3=NCCN3)cc2F)c1. The third kappa shape index (κ3) is 3.36. The fourth-order valence-corrected chi connectivity index (χ4v) is 2.65. The van der Waals surface area contributed by atoms with Gasteiger partial charge in [-0.2, -0.15) is 0 Å². The lowest BCUT2D eigenvalue weighted by Crippen LogP contribution is -2.19. The Morgan fingerprint density at radius 3 is 2.61 bits per heavy atom. The maximum atomic E-state index is 14.4. The van der Waals surface area contributed by atoms with Crippen LogP contribution in [0.5, 0.6) is 11.5 Å². The highest BCUT2D eigenvalue weighted by Crippen LogP contribution is 2.33. The Kier molecular flexibility index (Phi) is 4.33. The second-order valence-corrected chi connectivity index (χ2v) is 6.10. The molecule has 0 atom stereocenters. The fraction of sp³-hybridized carbons (Fsp3) is 0.316. The molecule has 1 aliphatic rings. The number of nitrogens with one attached hydrogen (secondary N) is 1. The predicted molar refractivity (Wildman–Crippen MR) is 91.1 cm³/mol. The van der Waals surface area contributed by atoms with Crippen LogP contribution in [0.4, 0.5) is 4.39 Å². The van der Waals surface area contributed by atoms with Crippen molar-refractivity contribution in [2.75, 3.05) is 13.1 Å². The van der Waals surface area contributed by atoms with Crippen LogP contribution in [0.25, 0.3) is 0 Å². The van der Waals surface area contributed by atoms with Crippen LogP contribution in [0.3, 0.4) is 0 Å². The molecule has 0 aromatic heterocycles. The van der Waals surface area contributed by atoms with Crippen molar-refractivity contribution in [3.05, 3.63) is 58.9 Å². The van der Waals surface area contributed by atoms with Gasteiger partial charge < -0.3 is 10.1 Å². The lowest BCUT2D eigenvalue weighted by atomic mass is 10.0. The summed E-state index contributed by atoms with van der Waals surface area (Å²) in [5.41, 5.74) is 2.91. The topological polar surface area (TPSA) is 33.6 Å². The zero-order chi connectivity index (χ0) is 16.4. The second-order valence-electron chi connectivity index (χ2n) is 6.10. The summed E-state index contributed by atoms with van der Waals surface area (Å²) in [5, 5.41) is 3.14. The molecule has 2 aromatic rings. The number of aliphatic imine (C=N–C) groups is 1. The number of rotatable bonds is 4. The van der Waals surface area contributed by atoms with Crippen molar-refractivity contribution in [1.29, 1.82) is 0 Å². The largest absolute Gasteiger partial charge is 0.454 e. The van der Waals surface area contributed by atoms with Crippen LogP contribution in [-0.4, -0.2) is 18.9 Å². The van der Waals surface area contributed by atoms with Gasteiger partial charge in [0.1, 0.15) is 11.6 Å². The monoisotopic (exact) mass is 312 g/mol. The van der Waals surface area contributed by atoms with Gasteiger partial charge in [-0.3, -0.25) is 4.99 Å². The molecule has 0 amide bonds. The van der Waals surface area contributed by atoms with Crippen molar-refractivity contribution in [3.63, 3.8) is 0 Å². The van der Waals surface area contributed by atoms with Crippen molar-refractivity contribution < 1.29 is 9.13 Å². The molecule has 4 heteroatoms. The summed E-state index contributed by atoms with van der Waals surface area (Å²) in [6.45, 7) is 7.73. The Morgan fingerprint density at radius 1 is 1.13 bits per heavy atom. The molecule has 1 heterocycles. The number of ether oxygens (including phenoxy) is 1. The molecule has 0 bridgehead atoms. The van der Waals surface area contributed by atoms with Crippen molar-refractivity contribution in [3.8, 4) is 11.5 Å². The van der Waals surface area contributed by atoms with Crippen LogP contribution in [-0.2, 0) is 0 Å². The zero-order valence-corrected chi connectivity index (χ0v) is 13.7. The standard InChI is InChI=1S/C19H21FN2O/c1-12(2)15-6-4-13(3)10-18(15)23-17-7-5-14(11-16(17)20)19-21-8-9-22-19/h4-7,10-12H,8-9H2,1-3H3,(H,21,22). The minimum atomic E-state index is -0.380. The van der Waals surface area contributed by atoms with Gasteiger partial charge in [0.15, 0.2) is 11.6 Å². The molecule has 0 fully saturated rings. The van der Waals surface area contributed by atoms with E-state index < -0.39 is 0 Å². The van der Waals surface area contributed by atoms with Gasteiger partial charge in [0.2, 0.25) is 0 Å². The number of aryl methyl sites for hydroxylation is 1. The lowest BCUT2D eigenvalue weighted by Gasteiger charge is -2.15. The molecule has 2 aromatic carbocycles. The van der Waals surface area contributed by atoms with Crippen LogP contribution < -0.4 is 10.1 Å². The predicted octanol–water partition coefficient (Wildman–Crippen LogP) is 4.40. The minimum absolute atomic E-state index is 0.236. The molecule has 3 nitrogen and oxygen atoms in total. The highest BCUT2D eigenvalue weighted by atomic mass is 19.1. The number of hydrogen-bond donors (Lipinski definition) is 1. The first-order valence-corrected chi connectivity index (χ1v) is 7.91. The molecular weight excluding hydrogens is 291 g/mol. The molecule has 0 saturated heterocycles. The summed E-state index contributed by atoms with van der Waals surface area (Å²) in [7, 11) is 0. The average molecular weight is 312 g/mol. The Hall–Kier alpha value is -2.36. The number of hydrogen-bond acceptors (Lipinski definition) is 3. The van der Waals surface area contributed by atoms with Crippen molar-refractivity contribution in [2.45, 2.75) is 26.7 Å². The first-order chi connectivity index (χ1) is 11.0. The van der Waals surface area contributed by atoms with Crippen molar-refractivity contribution in [2.24, 2.45) is 4.99 Å². The second kappa shape index (κ2) is 6.41. The quantitative estimate of drug-likeness (QED) is 0.908. The van der Waals surface area contributed by atoms with E-state index >= 15 is 0 Å². The van der Waals surface area contributed by atoms with E-state index in [0.717, 1.165) is 35.6 Å². The number of nitrogens with zero attached hydrogens (tertiary/aromatic N) is 1. The summed E-state index contributed by atoms with van der Waals surface area (Å²) in [4.78, 5) is 4.31. The van der Waals surface area contributed by atoms with Gasteiger partial charge in [0.05, 0.1) is 6.54 Å². The van der Waals surface area contributed by atoms with E-state index in [2.05, 4.69) is 24.2 Å². The average Bonchev–Trinajstić information content (AvgIpc) is 3.03. The van der Waals surface area contributed by atoms with Crippen LogP contribution >= 0.6 is 0 Å². The van der Waals surface area contributed by atoms with Gasteiger partial charge >= 0.3 is 0 Å². The number of amidine groups is 1. The van der Waals surface area contributed by atoms with E-state index in [9.17, 15) is 4.39 Å². The molecule has 0 unspecified atom stereocenters. The lowest BCUT2D eigenvalue weighted by molar-refractivity contribution is 0.435. The van der Waals surface area contributed by atoms with Crippen LogP contribution in [0, 0.1) is 12.7 Å². The van der Waals surface area contributed by atoms with Gasteiger partial charge in [-0.05, 0) is 48.2 Å². The summed E-state index contributed by atoms with van der Waals surface area (Å²) >= 11 is 0. The highest BCUT2D eigenvalue weighted by Gasteiger charge is 2.14. The number of benzene rings is 2. The van der Waals surface area contributed by atoms with E-state index in [0.29, 0.717) is 11.7 Å². The van der Waals surface area contributed by atoms with E-state index in [1.54, 1.807) is 6.07 Å². The van der Waals surface area contributed by atoms with E-state index in [1.165, 1.54) is 6.07 Å². The summed E-state index contributed by atoms with van der Waals surface area (Å²) in [6, 6.07) is 11.0. The minimum Gasteiger partial charge on any atom is -0.454 e. The maximum absolute atomic E-state index is 14.4. The molecule has 3 rings (SSSR count). The van der Waals surface area contributed by atoms with Gasteiger partial charge in [-0.1, -0.05) is 26.0 Å². The van der Waals surface area contributed by atoms with E-state index in [4.69, 9.17) is 4.74 Å². The Morgan fingerprint density at radius 2 is 1.96 bits per heavy atom. The van der Waals surface area contributed by atoms with Crippen LogP contribution in [0.1, 0.15) is 36.5 Å². The van der Waals surface area contributed by atoms with Gasteiger partial charge in [0.25, 0.3) is 0 Å². The van der Waals surface area contributed by atoms with Crippen molar-refractivity contribution in [1.82, 2.24) is 5.32 Å². The first kappa shape index (κ1) is 15.5. The molecule has 1 N–H and O–H groups in total. The number of halogens is 1. The van der Waals surface area contributed by atoms with Gasteiger partial charge in [-0.25, -0.2) is 4.39 Å². The summed E-state index contributed by atoms with van der Waals surface area (Å²) in [6.07, 6.45) is 0. The molecule has 120 valence electrons. The molecule has 1 aliphatic heterocycles. The third-order valence-corrected chi connectivity index (χ3v) is 3.89.